The molecule has 1 N–H and O–H groups in total. The summed E-state index contributed by atoms with van der Waals surface area (Å²) in [6, 6.07) is 20.1. The standard InChI is InChI=1S/C27H28N4O3/c1-18(2)16-31-27(33)24-13-5-4-12-23(24)25(30-31)26(32)29-19(3)20-9-8-11-22(15-20)34-17-21-10-6-7-14-28-21/h4-15,18-19H,16-17H2,1-3H3,(H,29,32). The molecule has 0 bridgehead atoms. The van der Waals surface area contributed by atoms with Crippen molar-refractivity contribution in [1.82, 2.24) is 20.1 Å². The summed E-state index contributed by atoms with van der Waals surface area (Å²) in [5.41, 5.74) is 1.78. The van der Waals surface area contributed by atoms with Gasteiger partial charge in [-0.1, -0.05) is 50.2 Å². The van der Waals surface area contributed by atoms with Gasteiger partial charge in [-0.05, 0) is 48.7 Å². The molecule has 0 aliphatic carbocycles. The Labute approximate surface area is 198 Å². The molecule has 0 radical (unpaired) electrons. The molecular weight excluding hydrogens is 428 g/mol. The zero-order valence-corrected chi connectivity index (χ0v) is 19.6. The van der Waals surface area contributed by atoms with Crippen molar-refractivity contribution in [3.05, 3.63) is 100 Å². The normalized spacial score (nSPS) is 12.0. The molecule has 4 aromatic rings. The Bertz CT molecular complexity index is 1350. The zero-order chi connectivity index (χ0) is 24.1. The lowest BCUT2D eigenvalue weighted by molar-refractivity contribution is 0.0934. The predicted octanol–water partition coefficient (Wildman–Crippen LogP) is 4.52. The molecule has 7 nitrogen and oxygen atoms in total. The summed E-state index contributed by atoms with van der Waals surface area (Å²) in [5, 5.41) is 8.48. The number of pyridine rings is 1. The van der Waals surface area contributed by atoms with Crippen LogP contribution in [-0.2, 0) is 13.2 Å². The first-order valence-electron chi connectivity index (χ1n) is 11.4. The number of carbonyl (C=O) groups excluding carboxylic acids is 1. The lowest BCUT2D eigenvalue weighted by Crippen LogP contribution is -2.32. The van der Waals surface area contributed by atoms with Crippen molar-refractivity contribution < 1.29 is 9.53 Å². The van der Waals surface area contributed by atoms with Gasteiger partial charge in [-0.15, -0.1) is 0 Å². The van der Waals surface area contributed by atoms with E-state index in [1.165, 1.54) is 4.68 Å². The maximum absolute atomic E-state index is 13.3. The van der Waals surface area contributed by atoms with Crippen molar-refractivity contribution in [3.8, 4) is 5.75 Å². The Morgan fingerprint density at radius 2 is 1.76 bits per heavy atom. The van der Waals surface area contributed by atoms with Gasteiger partial charge < -0.3 is 10.1 Å². The minimum atomic E-state index is -0.332. The minimum Gasteiger partial charge on any atom is -0.487 e. The molecule has 1 atom stereocenters. The van der Waals surface area contributed by atoms with Crippen LogP contribution in [0.5, 0.6) is 5.75 Å². The molecule has 2 aromatic heterocycles. The smallest absolute Gasteiger partial charge is 0.274 e. The summed E-state index contributed by atoms with van der Waals surface area (Å²) in [6.45, 7) is 6.72. The van der Waals surface area contributed by atoms with Crippen LogP contribution in [0.4, 0.5) is 0 Å². The van der Waals surface area contributed by atoms with E-state index in [1.807, 2.05) is 63.2 Å². The predicted molar refractivity (Wildman–Crippen MR) is 132 cm³/mol. The Balaban J connectivity index is 1.55. The number of ether oxygens (including phenoxy) is 1. The lowest BCUT2D eigenvalue weighted by Gasteiger charge is -2.17. The van der Waals surface area contributed by atoms with Crippen molar-refractivity contribution in [3.63, 3.8) is 0 Å². The van der Waals surface area contributed by atoms with Crippen LogP contribution in [0.3, 0.4) is 0 Å². The van der Waals surface area contributed by atoms with Crippen LogP contribution < -0.4 is 15.6 Å². The molecule has 7 heteroatoms. The summed E-state index contributed by atoms with van der Waals surface area (Å²) in [4.78, 5) is 30.4. The van der Waals surface area contributed by atoms with Gasteiger partial charge in [-0.25, -0.2) is 4.68 Å². The third-order valence-corrected chi connectivity index (χ3v) is 5.44. The maximum Gasteiger partial charge on any atom is 0.274 e. The highest BCUT2D eigenvalue weighted by molar-refractivity contribution is 6.04. The van der Waals surface area contributed by atoms with E-state index >= 15 is 0 Å². The fourth-order valence-electron chi connectivity index (χ4n) is 3.74. The average molecular weight is 457 g/mol. The van der Waals surface area contributed by atoms with Crippen LogP contribution in [0.2, 0.25) is 0 Å². The molecule has 0 aliphatic heterocycles. The molecule has 1 amide bonds. The molecular formula is C27H28N4O3. The average Bonchev–Trinajstić information content (AvgIpc) is 2.85. The third-order valence-electron chi connectivity index (χ3n) is 5.44. The second-order valence-electron chi connectivity index (χ2n) is 8.65. The number of carbonyl (C=O) groups is 1. The molecule has 2 heterocycles. The van der Waals surface area contributed by atoms with E-state index in [2.05, 4.69) is 15.4 Å². The van der Waals surface area contributed by atoms with Gasteiger partial charge in [0.2, 0.25) is 0 Å². The monoisotopic (exact) mass is 456 g/mol. The number of hydrogen-bond acceptors (Lipinski definition) is 5. The van der Waals surface area contributed by atoms with Crippen LogP contribution in [-0.4, -0.2) is 20.7 Å². The van der Waals surface area contributed by atoms with Crippen LogP contribution in [0.1, 0.15) is 48.6 Å². The molecule has 0 aliphatic rings. The van der Waals surface area contributed by atoms with Crippen molar-refractivity contribution in [1.29, 1.82) is 0 Å². The van der Waals surface area contributed by atoms with Gasteiger partial charge >= 0.3 is 0 Å². The maximum atomic E-state index is 13.3. The molecule has 4 rings (SSSR count). The van der Waals surface area contributed by atoms with Crippen molar-refractivity contribution in [2.75, 3.05) is 0 Å². The number of benzene rings is 2. The van der Waals surface area contributed by atoms with Gasteiger partial charge in [0.15, 0.2) is 5.69 Å². The van der Waals surface area contributed by atoms with Gasteiger partial charge in [-0.3, -0.25) is 14.6 Å². The quantitative estimate of drug-likeness (QED) is 0.421. The molecule has 1 unspecified atom stereocenters. The second-order valence-corrected chi connectivity index (χ2v) is 8.65. The van der Waals surface area contributed by atoms with Crippen molar-refractivity contribution >= 4 is 16.7 Å². The zero-order valence-electron chi connectivity index (χ0n) is 19.6. The molecule has 0 saturated carbocycles. The summed E-state index contributed by atoms with van der Waals surface area (Å²) in [5.74, 6) is 0.578. The van der Waals surface area contributed by atoms with E-state index in [0.29, 0.717) is 29.7 Å². The van der Waals surface area contributed by atoms with Crippen LogP contribution in [0.25, 0.3) is 10.8 Å². The second kappa shape index (κ2) is 10.3. The summed E-state index contributed by atoms with van der Waals surface area (Å²) >= 11 is 0. The van der Waals surface area contributed by atoms with E-state index in [1.54, 1.807) is 30.5 Å². The molecule has 2 aromatic carbocycles. The number of rotatable bonds is 8. The first-order valence-corrected chi connectivity index (χ1v) is 11.4. The summed E-state index contributed by atoms with van der Waals surface area (Å²) in [7, 11) is 0. The van der Waals surface area contributed by atoms with Crippen LogP contribution >= 0.6 is 0 Å². The van der Waals surface area contributed by atoms with E-state index in [-0.39, 0.29) is 29.1 Å². The number of hydrogen-bond donors (Lipinski definition) is 1. The summed E-state index contributed by atoms with van der Waals surface area (Å²) in [6.07, 6.45) is 1.73. The van der Waals surface area contributed by atoms with E-state index in [0.717, 1.165) is 11.3 Å². The SMILES string of the molecule is CC(C)Cn1nc(C(=O)NC(C)c2cccc(OCc3ccccn3)c2)c2ccccc2c1=O. The first kappa shape index (κ1) is 23.2. The highest BCUT2D eigenvalue weighted by atomic mass is 16.5. The first-order chi connectivity index (χ1) is 16.4. The Hall–Kier alpha value is -4.00. The number of aromatic nitrogens is 3. The number of amides is 1. The van der Waals surface area contributed by atoms with E-state index in [9.17, 15) is 9.59 Å². The largest absolute Gasteiger partial charge is 0.487 e. The fourth-order valence-corrected chi connectivity index (χ4v) is 3.74. The number of nitrogens with one attached hydrogen (secondary N) is 1. The molecule has 0 saturated heterocycles. The van der Waals surface area contributed by atoms with Crippen LogP contribution in [0.15, 0.2) is 77.7 Å². The highest BCUT2D eigenvalue weighted by Crippen LogP contribution is 2.21. The molecule has 174 valence electrons. The topological polar surface area (TPSA) is 86.1 Å². The third kappa shape index (κ3) is 5.31. The van der Waals surface area contributed by atoms with E-state index < -0.39 is 0 Å². The summed E-state index contributed by atoms with van der Waals surface area (Å²) < 4.78 is 7.26. The molecule has 0 fully saturated rings. The Kier molecular flexibility index (Phi) is 7.01. The lowest BCUT2D eigenvalue weighted by atomic mass is 10.1. The van der Waals surface area contributed by atoms with Gasteiger partial charge in [0.25, 0.3) is 11.5 Å². The van der Waals surface area contributed by atoms with E-state index in [4.69, 9.17) is 4.74 Å². The van der Waals surface area contributed by atoms with Gasteiger partial charge in [-0.2, -0.15) is 5.10 Å². The Morgan fingerprint density at radius 3 is 2.50 bits per heavy atom. The van der Waals surface area contributed by atoms with Crippen molar-refractivity contribution in [2.45, 2.75) is 40.0 Å². The van der Waals surface area contributed by atoms with Crippen LogP contribution in [0, 0.1) is 5.92 Å². The molecule has 34 heavy (non-hydrogen) atoms. The Morgan fingerprint density at radius 1 is 1.00 bits per heavy atom. The fraction of sp³-hybridized carbons (Fsp3) is 0.259. The molecule has 0 spiro atoms. The van der Waals surface area contributed by atoms with Crippen molar-refractivity contribution in [2.24, 2.45) is 5.92 Å². The number of fused-ring (bicyclic) bond motifs is 1. The minimum absolute atomic E-state index is 0.188. The van der Waals surface area contributed by atoms with Gasteiger partial charge in [0.05, 0.1) is 17.1 Å². The van der Waals surface area contributed by atoms with Gasteiger partial charge in [0.1, 0.15) is 12.4 Å². The number of nitrogens with zero attached hydrogens (tertiary/aromatic N) is 3. The van der Waals surface area contributed by atoms with Gasteiger partial charge in [0, 0.05) is 18.1 Å². The highest BCUT2D eigenvalue weighted by Gasteiger charge is 2.19.